The van der Waals surface area contributed by atoms with E-state index in [0.29, 0.717) is 12.0 Å². The molecule has 0 amide bonds. The van der Waals surface area contributed by atoms with Crippen molar-refractivity contribution in [3.63, 3.8) is 0 Å². The Kier molecular flexibility index (Phi) is 4.39. The van der Waals surface area contributed by atoms with Crippen LogP contribution in [0, 0.1) is 5.92 Å². The van der Waals surface area contributed by atoms with Crippen molar-refractivity contribution in [2.75, 3.05) is 13.1 Å². The van der Waals surface area contributed by atoms with Gasteiger partial charge in [0.05, 0.1) is 6.04 Å². The molecule has 0 bridgehead atoms. The molecule has 0 aromatic rings. The fraction of sp³-hybridized carbons (Fsp3) is 0.769. The topological polar surface area (TPSA) is 24.4 Å². The van der Waals surface area contributed by atoms with Gasteiger partial charge in [-0.1, -0.05) is 18.6 Å². The van der Waals surface area contributed by atoms with Gasteiger partial charge in [0.1, 0.15) is 0 Å². The van der Waals surface area contributed by atoms with Crippen molar-refractivity contribution in [2.24, 2.45) is 10.9 Å². The minimum absolute atomic E-state index is 0.530. The van der Waals surface area contributed by atoms with Crippen LogP contribution in [0.5, 0.6) is 0 Å². The van der Waals surface area contributed by atoms with E-state index in [1.807, 2.05) is 0 Å². The maximum Gasteiger partial charge on any atom is 0.0620 e. The van der Waals surface area contributed by atoms with Gasteiger partial charge in [-0.15, -0.1) is 0 Å². The zero-order valence-electron chi connectivity index (χ0n) is 9.49. The normalized spacial score (nSPS) is 33.1. The van der Waals surface area contributed by atoms with Crippen molar-refractivity contribution < 1.29 is 0 Å². The highest BCUT2D eigenvalue weighted by Crippen LogP contribution is 2.16. The molecule has 2 rings (SSSR count). The molecule has 0 aromatic heterocycles. The molecule has 1 aliphatic heterocycles. The molecule has 0 aromatic carbocycles. The highest BCUT2D eigenvalue weighted by molar-refractivity contribution is 5.63. The van der Waals surface area contributed by atoms with Crippen molar-refractivity contribution >= 4 is 6.21 Å². The zero-order chi connectivity index (χ0) is 10.3. The lowest BCUT2D eigenvalue weighted by Gasteiger charge is -2.13. The Balaban J connectivity index is 1.80. The average Bonchev–Trinajstić information content (AvgIpc) is 2.56. The summed E-state index contributed by atoms with van der Waals surface area (Å²) in [6.45, 7) is 2.25. The van der Waals surface area contributed by atoms with Crippen molar-refractivity contribution in [2.45, 2.75) is 44.6 Å². The number of rotatable bonds is 2. The van der Waals surface area contributed by atoms with Crippen molar-refractivity contribution in [1.82, 2.24) is 5.32 Å². The zero-order valence-corrected chi connectivity index (χ0v) is 9.49. The number of aliphatic imine (C=N–C) groups is 1. The van der Waals surface area contributed by atoms with Gasteiger partial charge in [-0.3, -0.25) is 4.99 Å². The second kappa shape index (κ2) is 6.06. The Bertz CT molecular complexity index is 225. The number of nitrogens with one attached hydrogen (secondary N) is 1. The molecule has 1 aliphatic carbocycles. The average molecular weight is 206 g/mol. The van der Waals surface area contributed by atoms with Gasteiger partial charge >= 0.3 is 0 Å². The molecule has 0 saturated carbocycles. The minimum Gasteiger partial charge on any atom is -0.315 e. The molecule has 0 spiro atoms. The van der Waals surface area contributed by atoms with E-state index >= 15 is 0 Å². The van der Waals surface area contributed by atoms with Crippen LogP contribution in [-0.4, -0.2) is 25.3 Å². The van der Waals surface area contributed by atoms with E-state index in [2.05, 4.69) is 23.7 Å². The quantitative estimate of drug-likeness (QED) is 0.545. The third-order valence-electron chi connectivity index (χ3n) is 3.30. The fourth-order valence-electron chi connectivity index (χ4n) is 2.32. The van der Waals surface area contributed by atoms with Crippen LogP contribution in [0.3, 0.4) is 0 Å². The molecule has 2 nitrogen and oxygen atoms in total. The number of allylic oxidation sites excluding steroid dienone is 2. The van der Waals surface area contributed by atoms with Gasteiger partial charge in [0.2, 0.25) is 0 Å². The molecule has 1 unspecified atom stereocenters. The third kappa shape index (κ3) is 3.78. The largest absolute Gasteiger partial charge is 0.315 e. The summed E-state index contributed by atoms with van der Waals surface area (Å²) in [6.07, 6.45) is 14.6. The Morgan fingerprint density at radius 1 is 1.20 bits per heavy atom. The maximum absolute atomic E-state index is 4.73. The molecular weight excluding hydrogens is 184 g/mol. The highest BCUT2D eigenvalue weighted by Gasteiger charge is 2.10. The summed E-state index contributed by atoms with van der Waals surface area (Å²) in [7, 11) is 0. The summed E-state index contributed by atoms with van der Waals surface area (Å²) < 4.78 is 0. The molecule has 2 aliphatic rings. The van der Waals surface area contributed by atoms with Crippen LogP contribution in [0.1, 0.15) is 38.5 Å². The first-order valence-electron chi connectivity index (χ1n) is 6.36. The summed E-state index contributed by atoms with van der Waals surface area (Å²) in [5, 5.41) is 3.45. The summed E-state index contributed by atoms with van der Waals surface area (Å²) in [5.41, 5.74) is 0. The Hall–Kier alpha value is -0.630. The molecule has 0 radical (unpaired) electrons. The minimum atomic E-state index is 0.530. The number of hydrogen-bond donors (Lipinski definition) is 1. The highest BCUT2D eigenvalue weighted by atomic mass is 14.9. The van der Waals surface area contributed by atoms with Gasteiger partial charge in [-0.2, -0.15) is 0 Å². The molecule has 84 valence electrons. The lowest BCUT2D eigenvalue weighted by Crippen LogP contribution is -2.23. The van der Waals surface area contributed by atoms with E-state index in [9.17, 15) is 0 Å². The van der Waals surface area contributed by atoms with Gasteiger partial charge in [0.15, 0.2) is 0 Å². The van der Waals surface area contributed by atoms with Crippen molar-refractivity contribution in [3.05, 3.63) is 12.2 Å². The Labute approximate surface area is 92.9 Å². The predicted octanol–water partition coefficient (Wildman–Crippen LogP) is 2.56. The van der Waals surface area contributed by atoms with E-state index in [1.165, 1.54) is 45.1 Å². The number of hydrogen-bond acceptors (Lipinski definition) is 2. The van der Waals surface area contributed by atoms with E-state index in [-0.39, 0.29) is 0 Å². The second-order valence-corrected chi connectivity index (χ2v) is 4.67. The van der Waals surface area contributed by atoms with Gasteiger partial charge in [-0.05, 0) is 38.6 Å². The summed E-state index contributed by atoms with van der Waals surface area (Å²) >= 11 is 0. The number of nitrogens with zero attached hydrogens (tertiary/aromatic N) is 1. The molecule has 2 heteroatoms. The van der Waals surface area contributed by atoms with Gasteiger partial charge < -0.3 is 5.32 Å². The lowest BCUT2D eigenvalue weighted by atomic mass is 9.97. The molecular formula is C13H22N2. The predicted molar refractivity (Wildman–Crippen MR) is 65.5 cm³/mol. The second-order valence-electron chi connectivity index (χ2n) is 4.67. The molecule has 2 atom stereocenters. The van der Waals surface area contributed by atoms with E-state index in [0.717, 1.165) is 6.54 Å². The van der Waals surface area contributed by atoms with Crippen LogP contribution in [0.15, 0.2) is 17.1 Å². The van der Waals surface area contributed by atoms with E-state index in [4.69, 9.17) is 4.99 Å². The van der Waals surface area contributed by atoms with Crippen molar-refractivity contribution in [1.29, 1.82) is 0 Å². The SMILES string of the molecule is C1=CC(C=N[C@@H]2CCCCNC2)CCC1. The first kappa shape index (κ1) is 10.9. The first-order chi connectivity index (χ1) is 7.45. The van der Waals surface area contributed by atoms with E-state index < -0.39 is 0 Å². The molecule has 1 fully saturated rings. The van der Waals surface area contributed by atoms with Crippen LogP contribution >= 0.6 is 0 Å². The lowest BCUT2D eigenvalue weighted by molar-refractivity contribution is 0.595. The summed E-state index contributed by atoms with van der Waals surface area (Å²) in [4.78, 5) is 4.73. The maximum atomic E-state index is 4.73. The molecule has 1 N–H and O–H groups in total. The summed E-state index contributed by atoms with van der Waals surface area (Å²) in [5.74, 6) is 0.613. The fourth-order valence-corrected chi connectivity index (χ4v) is 2.32. The smallest absolute Gasteiger partial charge is 0.0620 e. The van der Waals surface area contributed by atoms with Gasteiger partial charge in [0.25, 0.3) is 0 Å². The summed E-state index contributed by atoms with van der Waals surface area (Å²) in [6, 6.07) is 0.530. The first-order valence-corrected chi connectivity index (χ1v) is 6.36. The Morgan fingerprint density at radius 3 is 3.07 bits per heavy atom. The Morgan fingerprint density at radius 2 is 2.20 bits per heavy atom. The van der Waals surface area contributed by atoms with Gasteiger partial charge in [0, 0.05) is 18.7 Å². The van der Waals surface area contributed by atoms with E-state index in [1.54, 1.807) is 0 Å². The van der Waals surface area contributed by atoms with Crippen LogP contribution in [0.25, 0.3) is 0 Å². The van der Waals surface area contributed by atoms with Crippen molar-refractivity contribution in [3.8, 4) is 0 Å². The monoisotopic (exact) mass is 206 g/mol. The van der Waals surface area contributed by atoms with Crippen LogP contribution in [-0.2, 0) is 0 Å². The molecule has 1 saturated heterocycles. The molecule has 1 heterocycles. The van der Waals surface area contributed by atoms with Crippen LogP contribution < -0.4 is 5.32 Å². The standard InChI is InChI=1S/C13H22N2/c1-2-6-12(7-3-1)10-15-13-8-4-5-9-14-11-13/h2,6,10,12-14H,1,3-5,7-9,11H2/t12?,13-/m1/s1. The van der Waals surface area contributed by atoms with Crippen LogP contribution in [0.2, 0.25) is 0 Å². The molecule has 15 heavy (non-hydrogen) atoms. The third-order valence-corrected chi connectivity index (χ3v) is 3.30. The van der Waals surface area contributed by atoms with Gasteiger partial charge in [-0.25, -0.2) is 0 Å². The van der Waals surface area contributed by atoms with Crippen LogP contribution in [0.4, 0.5) is 0 Å².